The van der Waals surface area contributed by atoms with Crippen LogP contribution >= 0.6 is 24.0 Å². The molecule has 9 heteroatoms. The first-order valence-electron chi connectivity index (χ1n) is 13.1. The maximum absolute atomic E-state index is 12.7. The summed E-state index contributed by atoms with van der Waals surface area (Å²) >= 11 is 6.27. The van der Waals surface area contributed by atoms with E-state index in [1.54, 1.807) is 45.6 Å². The van der Waals surface area contributed by atoms with E-state index in [0.717, 1.165) is 24.0 Å². The number of carboxylic acid groups (broad SMARTS) is 1. The molecule has 0 spiro atoms. The molecule has 0 radical (unpaired) electrons. The summed E-state index contributed by atoms with van der Waals surface area (Å²) in [6.45, 7) is 5.11. The van der Waals surface area contributed by atoms with Gasteiger partial charge in [0.1, 0.15) is 6.04 Å². The number of carbonyl (C=O) groups is 1. The number of nitrogens with zero attached hydrogens (tertiary/aromatic N) is 1. The lowest BCUT2D eigenvalue weighted by atomic mass is 9.98. The Bertz CT molecular complexity index is 1240. The number of methoxy groups -OCH3 is 3. The SMILES string of the molecule is CCCCOc1ccc(CN(C(C)Cc2ccc(OC)c(OC)c2)C(C(=O)O)c2cccc(Cl)c2)cc1OC.Cl. The molecule has 40 heavy (non-hydrogen) atoms. The zero-order valence-electron chi connectivity index (χ0n) is 23.7. The molecular weight excluding hydrogens is 553 g/mol. The first kappa shape index (κ1) is 33.1. The normalized spacial score (nSPS) is 12.3. The molecule has 0 aliphatic carbocycles. The molecule has 218 valence electrons. The van der Waals surface area contributed by atoms with Crippen LogP contribution in [0.4, 0.5) is 0 Å². The van der Waals surface area contributed by atoms with Gasteiger partial charge in [-0.2, -0.15) is 0 Å². The number of carboxylic acids is 1. The Labute approximate surface area is 248 Å². The van der Waals surface area contributed by atoms with Crippen LogP contribution in [0.25, 0.3) is 0 Å². The highest BCUT2D eigenvalue weighted by Gasteiger charge is 2.32. The van der Waals surface area contributed by atoms with Crippen LogP contribution in [0.2, 0.25) is 5.02 Å². The van der Waals surface area contributed by atoms with E-state index in [1.807, 2.05) is 48.2 Å². The Morgan fingerprint density at radius 3 is 2.15 bits per heavy atom. The van der Waals surface area contributed by atoms with Crippen LogP contribution in [0.5, 0.6) is 23.0 Å². The predicted molar refractivity (Wildman–Crippen MR) is 161 cm³/mol. The highest BCUT2D eigenvalue weighted by atomic mass is 35.5. The summed E-state index contributed by atoms with van der Waals surface area (Å²) in [6, 6.07) is 17.4. The summed E-state index contributed by atoms with van der Waals surface area (Å²) in [6.07, 6.45) is 2.57. The van der Waals surface area contributed by atoms with Gasteiger partial charge in [0, 0.05) is 17.6 Å². The number of aliphatic carboxylic acids is 1. The van der Waals surface area contributed by atoms with Crippen LogP contribution in [0.3, 0.4) is 0 Å². The van der Waals surface area contributed by atoms with Crippen molar-refractivity contribution >= 4 is 30.0 Å². The molecule has 0 bridgehead atoms. The molecule has 0 saturated heterocycles. The van der Waals surface area contributed by atoms with Gasteiger partial charge in [-0.15, -0.1) is 12.4 Å². The molecule has 0 saturated carbocycles. The molecule has 3 aromatic carbocycles. The van der Waals surface area contributed by atoms with Gasteiger partial charge in [0.15, 0.2) is 23.0 Å². The molecule has 0 amide bonds. The van der Waals surface area contributed by atoms with Gasteiger partial charge >= 0.3 is 5.97 Å². The summed E-state index contributed by atoms with van der Waals surface area (Å²) in [5.74, 6) is 1.60. The van der Waals surface area contributed by atoms with Gasteiger partial charge in [-0.25, -0.2) is 0 Å². The molecule has 2 atom stereocenters. The van der Waals surface area contributed by atoms with Gasteiger partial charge in [-0.05, 0) is 72.9 Å². The second-order valence-corrected chi connectivity index (χ2v) is 9.83. The molecule has 3 rings (SSSR count). The fourth-order valence-corrected chi connectivity index (χ4v) is 4.79. The molecule has 0 fully saturated rings. The second-order valence-electron chi connectivity index (χ2n) is 9.40. The molecule has 0 aromatic heterocycles. The highest BCUT2D eigenvalue weighted by molar-refractivity contribution is 6.30. The standard InChI is InChI=1S/C31H38ClNO6.ClH/c1-6-7-15-39-27-14-12-23(18-29(27)38-5)20-33(30(31(34)35)24-9-8-10-25(32)19-24)21(2)16-22-11-13-26(36-3)28(17-22)37-4;/h8-14,17-19,21,30H,6-7,15-16,20H2,1-5H3,(H,34,35);1H. The second kappa shape index (κ2) is 16.2. The van der Waals surface area contributed by atoms with E-state index in [0.29, 0.717) is 53.2 Å². The number of hydrogen-bond donors (Lipinski definition) is 1. The Balaban J connectivity index is 0.00000560. The van der Waals surface area contributed by atoms with Gasteiger partial charge in [0.25, 0.3) is 0 Å². The van der Waals surface area contributed by atoms with E-state index in [1.165, 1.54) is 0 Å². The topological polar surface area (TPSA) is 77.5 Å². The van der Waals surface area contributed by atoms with Crippen molar-refractivity contribution in [3.8, 4) is 23.0 Å². The number of ether oxygens (including phenoxy) is 4. The van der Waals surface area contributed by atoms with Crippen LogP contribution in [0, 0.1) is 0 Å². The smallest absolute Gasteiger partial charge is 0.325 e. The lowest BCUT2D eigenvalue weighted by Gasteiger charge is -2.35. The average Bonchev–Trinajstić information content (AvgIpc) is 2.93. The van der Waals surface area contributed by atoms with Gasteiger partial charge in [0.2, 0.25) is 0 Å². The minimum absolute atomic E-state index is 0. The number of halogens is 2. The predicted octanol–water partition coefficient (Wildman–Crippen LogP) is 7.23. The molecular formula is C31H39Cl2NO6. The van der Waals surface area contributed by atoms with E-state index in [-0.39, 0.29) is 18.4 Å². The van der Waals surface area contributed by atoms with E-state index in [4.69, 9.17) is 30.5 Å². The van der Waals surface area contributed by atoms with Crippen molar-refractivity contribution in [2.45, 2.75) is 51.7 Å². The molecule has 7 nitrogen and oxygen atoms in total. The third-order valence-corrected chi connectivity index (χ3v) is 6.86. The van der Waals surface area contributed by atoms with Crippen molar-refractivity contribution in [3.05, 3.63) is 82.4 Å². The van der Waals surface area contributed by atoms with E-state index in [9.17, 15) is 9.90 Å². The van der Waals surface area contributed by atoms with Gasteiger partial charge in [0.05, 0.1) is 27.9 Å². The molecule has 1 N–H and O–H groups in total. The van der Waals surface area contributed by atoms with Crippen LogP contribution in [-0.4, -0.2) is 50.0 Å². The zero-order valence-corrected chi connectivity index (χ0v) is 25.3. The number of rotatable bonds is 15. The maximum Gasteiger partial charge on any atom is 0.325 e. The van der Waals surface area contributed by atoms with Crippen LogP contribution in [-0.2, 0) is 17.8 Å². The van der Waals surface area contributed by atoms with Crippen LogP contribution in [0.1, 0.15) is 49.4 Å². The summed E-state index contributed by atoms with van der Waals surface area (Å²) in [5, 5.41) is 10.9. The lowest BCUT2D eigenvalue weighted by Crippen LogP contribution is -2.41. The largest absolute Gasteiger partial charge is 0.493 e. The van der Waals surface area contributed by atoms with E-state index < -0.39 is 12.0 Å². The number of hydrogen-bond acceptors (Lipinski definition) is 6. The summed E-state index contributed by atoms with van der Waals surface area (Å²) in [5.41, 5.74) is 2.51. The van der Waals surface area contributed by atoms with Gasteiger partial charge in [-0.1, -0.05) is 49.2 Å². The van der Waals surface area contributed by atoms with Crippen molar-refractivity contribution in [3.63, 3.8) is 0 Å². The van der Waals surface area contributed by atoms with E-state index >= 15 is 0 Å². The molecule has 0 aliphatic rings. The molecule has 2 unspecified atom stereocenters. The third kappa shape index (κ3) is 8.68. The van der Waals surface area contributed by atoms with E-state index in [2.05, 4.69) is 6.92 Å². The third-order valence-electron chi connectivity index (χ3n) is 6.62. The lowest BCUT2D eigenvalue weighted by molar-refractivity contribution is -0.145. The fourth-order valence-electron chi connectivity index (χ4n) is 4.59. The Hall–Kier alpha value is -3.13. The molecule has 0 heterocycles. The summed E-state index contributed by atoms with van der Waals surface area (Å²) in [4.78, 5) is 14.7. The van der Waals surface area contributed by atoms with Crippen molar-refractivity contribution in [1.82, 2.24) is 4.90 Å². The minimum Gasteiger partial charge on any atom is -0.493 e. The van der Waals surface area contributed by atoms with Gasteiger partial charge in [-0.3, -0.25) is 9.69 Å². The van der Waals surface area contributed by atoms with Gasteiger partial charge < -0.3 is 24.1 Å². The van der Waals surface area contributed by atoms with Crippen LogP contribution in [0.15, 0.2) is 60.7 Å². The monoisotopic (exact) mass is 591 g/mol. The Morgan fingerprint density at radius 1 is 0.900 bits per heavy atom. The maximum atomic E-state index is 12.7. The first-order chi connectivity index (χ1) is 18.8. The van der Waals surface area contributed by atoms with Crippen molar-refractivity contribution in [2.24, 2.45) is 0 Å². The zero-order chi connectivity index (χ0) is 28.4. The summed E-state index contributed by atoms with van der Waals surface area (Å²) < 4.78 is 22.4. The highest BCUT2D eigenvalue weighted by Crippen LogP contribution is 2.34. The van der Waals surface area contributed by atoms with Crippen molar-refractivity contribution in [1.29, 1.82) is 0 Å². The Kier molecular flexibility index (Phi) is 13.4. The minimum atomic E-state index is -0.956. The van der Waals surface area contributed by atoms with Crippen LogP contribution < -0.4 is 18.9 Å². The summed E-state index contributed by atoms with van der Waals surface area (Å²) in [7, 11) is 4.80. The molecule has 0 aliphatic heterocycles. The number of unbranched alkanes of at least 4 members (excludes halogenated alkanes) is 1. The fraction of sp³-hybridized carbons (Fsp3) is 0.387. The molecule has 3 aromatic rings. The van der Waals surface area contributed by atoms with Crippen molar-refractivity contribution in [2.75, 3.05) is 27.9 Å². The quantitative estimate of drug-likeness (QED) is 0.187. The van der Waals surface area contributed by atoms with Crippen molar-refractivity contribution < 1.29 is 28.8 Å². The number of benzene rings is 3. The average molecular weight is 593 g/mol. The first-order valence-corrected chi connectivity index (χ1v) is 13.4. The Morgan fingerprint density at radius 2 is 1.52 bits per heavy atom.